The summed E-state index contributed by atoms with van der Waals surface area (Å²) in [6.07, 6.45) is 11.3. The Morgan fingerprint density at radius 3 is 2.55 bits per heavy atom. The first kappa shape index (κ1) is 26.9. The molecule has 0 N–H and O–H groups in total. The van der Waals surface area contributed by atoms with Crippen molar-refractivity contribution in [2.45, 2.75) is 70.8 Å². The first-order valence-electron chi connectivity index (χ1n) is 15.2. The van der Waals surface area contributed by atoms with Crippen molar-refractivity contribution in [1.82, 2.24) is 9.47 Å². The minimum Gasteiger partial charge on any atom is -0.426 e. The number of nitrogens with zero attached hydrogens (tertiary/aromatic N) is 2. The van der Waals surface area contributed by atoms with Gasteiger partial charge in [0.2, 0.25) is 0 Å². The summed E-state index contributed by atoms with van der Waals surface area (Å²) >= 11 is 0. The Morgan fingerprint density at radius 2 is 1.80 bits per heavy atom. The third-order valence-electron chi connectivity index (χ3n) is 9.87. The van der Waals surface area contributed by atoms with E-state index in [1.54, 1.807) is 22.8 Å². The molecular formula is C34H40N2O4. The van der Waals surface area contributed by atoms with E-state index < -0.39 is 0 Å². The third-order valence-corrected chi connectivity index (χ3v) is 9.87. The number of carbonyl (C=O) groups excluding carboxylic acids is 2. The summed E-state index contributed by atoms with van der Waals surface area (Å²) in [6.45, 7) is 4.04. The van der Waals surface area contributed by atoms with Gasteiger partial charge in [0, 0.05) is 24.7 Å². The number of hydrogen-bond donors (Lipinski definition) is 0. The lowest BCUT2D eigenvalue weighted by Gasteiger charge is -2.53. The summed E-state index contributed by atoms with van der Waals surface area (Å²) < 4.78 is 7.98. The van der Waals surface area contributed by atoms with Crippen LogP contribution in [-0.2, 0) is 17.8 Å². The molecule has 6 nitrogen and oxygen atoms in total. The Hall–Kier alpha value is -3.25. The van der Waals surface area contributed by atoms with Crippen LogP contribution in [0.1, 0.15) is 73.7 Å². The number of aldehydes is 1. The predicted octanol–water partition coefficient (Wildman–Crippen LogP) is 6.03. The minimum absolute atomic E-state index is 0.00355. The van der Waals surface area contributed by atoms with E-state index in [1.165, 1.54) is 32.4 Å². The van der Waals surface area contributed by atoms with Crippen molar-refractivity contribution in [3.63, 3.8) is 0 Å². The van der Waals surface area contributed by atoms with Crippen LogP contribution in [0.2, 0.25) is 0 Å². The number of aryl methyl sites for hydroxylation is 2. The lowest BCUT2D eigenvalue weighted by molar-refractivity contribution is -0.159. The topological polar surface area (TPSA) is 68.6 Å². The van der Waals surface area contributed by atoms with Crippen LogP contribution < -0.4 is 10.3 Å². The van der Waals surface area contributed by atoms with Crippen molar-refractivity contribution in [1.29, 1.82) is 0 Å². The number of pyridine rings is 1. The molecule has 4 heterocycles. The van der Waals surface area contributed by atoms with Crippen LogP contribution in [0.4, 0.5) is 0 Å². The van der Waals surface area contributed by atoms with E-state index in [-0.39, 0.29) is 16.9 Å². The molecule has 0 radical (unpaired) electrons. The lowest BCUT2D eigenvalue weighted by atomic mass is 9.58. The highest BCUT2D eigenvalue weighted by Gasteiger charge is 2.53. The number of carbonyl (C=O) groups is 2. The molecule has 210 valence electrons. The molecule has 0 amide bonds. The van der Waals surface area contributed by atoms with Crippen molar-refractivity contribution in [2.75, 3.05) is 19.6 Å². The predicted molar refractivity (Wildman–Crippen MR) is 157 cm³/mol. The minimum atomic E-state index is -0.337. The number of unbranched alkanes of at least 4 members (excludes halogenated alkanes) is 1. The molecule has 2 aromatic carbocycles. The van der Waals surface area contributed by atoms with Crippen molar-refractivity contribution >= 4 is 23.2 Å². The fraction of sp³-hybridized carbons (Fsp3) is 0.500. The second-order valence-electron chi connectivity index (χ2n) is 12.2. The molecule has 0 unspecified atom stereocenters. The quantitative estimate of drug-likeness (QED) is 0.143. The highest BCUT2D eigenvalue weighted by atomic mass is 16.5. The van der Waals surface area contributed by atoms with Crippen LogP contribution in [0.25, 0.3) is 10.9 Å². The van der Waals surface area contributed by atoms with Gasteiger partial charge in [-0.05, 0) is 117 Å². The van der Waals surface area contributed by atoms with Crippen molar-refractivity contribution in [2.24, 2.45) is 17.3 Å². The summed E-state index contributed by atoms with van der Waals surface area (Å²) in [6, 6.07) is 16.8. The van der Waals surface area contributed by atoms with Gasteiger partial charge in [-0.2, -0.15) is 0 Å². The molecule has 4 fully saturated rings. The Kier molecular flexibility index (Phi) is 7.88. The number of piperidine rings is 3. The third kappa shape index (κ3) is 5.38. The zero-order valence-corrected chi connectivity index (χ0v) is 23.4. The molecule has 4 aliphatic rings. The molecule has 6 heteroatoms. The van der Waals surface area contributed by atoms with Gasteiger partial charge in [0.05, 0.1) is 10.9 Å². The molecule has 1 aromatic heterocycles. The number of esters is 1. The zero-order valence-electron chi connectivity index (χ0n) is 23.4. The smallest absolute Gasteiger partial charge is 0.317 e. The molecule has 7 rings (SSSR count). The van der Waals surface area contributed by atoms with Crippen molar-refractivity contribution < 1.29 is 14.3 Å². The maximum absolute atomic E-state index is 13.9. The van der Waals surface area contributed by atoms with Gasteiger partial charge in [0.1, 0.15) is 12.0 Å². The van der Waals surface area contributed by atoms with Crippen LogP contribution >= 0.6 is 0 Å². The van der Waals surface area contributed by atoms with Gasteiger partial charge in [-0.25, -0.2) is 0 Å². The van der Waals surface area contributed by atoms with Gasteiger partial charge < -0.3 is 14.2 Å². The molecule has 1 atom stereocenters. The molecule has 3 aromatic rings. The van der Waals surface area contributed by atoms with Crippen LogP contribution in [0.15, 0.2) is 59.4 Å². The monoisotopic (exact) mass is 540 g/mol. The Morgan fingerprint density at radius 1 is 0.975 bits per heavy atom. The molecule has 1 saturated carbocycles. The first-order valence-corrected chi connectivity index (χ1v) is 15.2. The van der Waals surface area contributed by atoms with Crippen molar-refractivity contribution in [3.8, 4) is 5.75 Å². The largest absolute Gasteiger partial charge is 0.426 e. The maximum atomic E-state index is 13.9. The summed E-state index contributed by atoms with van der Waals surface area (Å²) in [4.78, 5) is 40.1. The lowest BCUT2D eigenvalue weighted by Crippen LogP contribution is -2.57. The van der Waals surface area contributed by atoms with Crippen LogP contribution in [0, 0.1) is 17.3 Å². The van der Waals surface area contributed by atoms with E-state index in [0.717, 1.165) is 74.2 Å². The van der Waals surface area contributed by atoms with E-state index in [1.807, 2.05) is 30.3 Å². The molecule has 3 aliphatic heterocycles. The van der Waals surface area contributed by atoms with Crippen LogP contribution in [0.5, 0.6) is 5.75 Å². The van der Waals surface area contributed by atoms with Gasteiger partial charge in [-0.15, -0.1) is 0 Å². The van der Waals surface area contributed by atoms with Crippen LogP contribution in [0.3, 0.4) is 0 Å². The number of fused-ring (bicyclic) bond motifs is 4. The number of ether oxygens (including phenoxy) is 1. The first-order chi connectivity index (χ1) is 19.6. The molecule has 1 aliphatic carbocycles. The number of aromatic nitrogens is 1. The highest BCUT2D eigenvalue weighted by Crippen LogP contribution is 2.51. The fourth-order valence-electron chi connectivity index (χ4n) is 7.70. The van der Waals surface area contributed by atoms with Gasteiger partial charge in [0.15, 0.2) is 0 Å². The van der Waals surface area contributed by atoms with Gasteiger partial charge in [0.25, 0.3) is 5.56 Å². The molecule has 40 heavy (non-hydrogen) atoms. The van der Waals surface area contributed by atoms with E-state index in [9.17, 15) is 14.4 Å². The second-order valence-corrected chi connectivity index (χ2v) is 12.2. The molecule has 2 bridgehead atoms. The van der Waals surface area contributed by atoms with E-state index in [0.29, 0.717) is 29.7 Å². The summed E-state index contributed by atoms with van der Waals surface area (Å²) in [5, 5.41) is 0.896. The average molecular weight is 541 g/mol. The van der Waals surface area contributed by atoms with E-state index >= 15 is 0 Å². The fourth-order valence-corrected chi connectivity index (χ4v) is 7.70. The van der Waals surface area contributed by atoms with E-state index in [4.69, 9.17) is 4.74 Å². The molecule has 0 spiro atoms. The standard InChI is InChI=1S/C34H40N2O4/c37-24-26-10-12-31-28(21-26)11-13-32(38)36(31)18-5-2-7-25-8-6-9-29(22-25)40-33(39)34(16-3-1-4-17-34)30-23-35-19-14-27(30)15-20-35/h6,8-13,21-22,24,27,30H,1-5,7,14-20,23H2/t30-/m1/s1. The molecule has 3 saturated heterocycles. The van der Waals surface area contributed by atoms with Gasteiger partial charge in [-0.1, -0.05) is 31.4 Å². The summed E-state index contributed by atoms with van der Waals surface area (Å²) in [5.41, 5.74) is 2.24. The number of hydrogen-bond acceptors (Lipinski definition) is 5. The van der Waals surface area contributed by atoms with Gasteiger partial charge in [-0.3, -0.25) is 14.4 Å². The zero-order chi connectivity index (χ0) is 27.5. The van der Waals surface area contributed by atoms with Crippen molar-refractivity contribution in [3.05, 3.63) is 76.1 Å². The average Bonchev–Trinajstić information content (AvgIpc) is 3.01. The highest BCUT2D eigenvalue weighted by molar-refractivity contribution is 5.87. The Bertz CT molecular complexity index is 1430. The van der Waals surface area contributed by atoms with E-state index in [2.05, 4.69) is 11.0 Å². The maximum Gasteiger partial charge on any atom is 0.317 e. The summed E-state index contributed by atoms with van der Waals surface area (Å²) in [7, 11) is 0. The summed E-state index contributed by atoms with van der Waals surface area (Å²) in [5.74, 6) is 1.73. The Labute approximate surface area is 236 Å². The number of benzene rings is 2. The number of rotatable bonds is 9. The Balaban J connectivity index is 1.09. The molecular weight excluding hydrogens is 500 g/mol. The SMILES string of the molecule is O=Cc1ccc2c(ccc(=O)n2CCCCc2cccc(OC(=O)C3([C@@H]4CN5CCC4CC5)CCCCC3)c2)c1. The normalized spacial score (nSPS) is 23.6. The van der Waals surface area contributed by atoms with Gasteiger partial charge >= 0.3 is 5.97 Å². The second kappa shape index (κ2) is 11.7. The van der Waals surface area contributed by atoms with Crippen LogP contribution in [-0.4, -0.2) is 41.4 Å².